The number of halogens is 1. The van der Waals surface area contributed by atoms with E-state index in [1.54, 1.807) is 18.2 Å². The average molecular weight is 279 g/mol. The molecule has 0 amide bonds. The molecule has 0 aliphatic heterocycles. The van der Waals surface area contributed by atoms with Gasteiger partial charge in [-0.2, -0.15) is 0 Å². The highest BCUT2D eigenvalue weighted by molar-refractivity contribution is 6.32. The van der Waals surface area contributed by atoms with E-state index in [2.05, 4.69) is 0 Å². The van der Waals surface area contributed by atoms with Crippen LogP contribution in [-0.4, -0.2) is 18.8 Å². The number of aliphatic hydroxyl groups excluding tert-OH is 1. The van der Waals surface area contributed by atoms with Gasteiger partial charge in [-0.1, -0.05) is 35.9 Å². The van der Waals surface area contributed by atoms with Gasteiger partial charge in [0, 0.05) is 0 Å². The monoisotopic (exact) mass is 278 g/mol. The van der Waals surface area contributed by atoms with Gasteiger partial charge in [0.05, 0.1) is 12.1 Å². The summed E-state index contributed by atoms with van der Waals surface area (Å²) in [6.07, 6.45) is -0.730. The Balaban J connectivity index is 2.02. The van der Waals surface area contributed by atoms with Crippen molar-refractivity contribution in [1.82, 2.24) is 0 Å². The van der Waals surface area contributed by atoms with E-state index >= 15 is 0 Å². The molecule has 0 bridgehead atoms. The molecule has 4 heteroatoms. The molecule has 0 aliphatic carbocycles. The number of benzene rings is 2. The van der Waals surface area contributed by atoms with Gasteiger partial charge in [-0.25, -0.2) is 0 Å². The van der Waals surface area contributed by atoms with Crippen molar-refractivity contribution in [2.75, 3.05) is 13.7 Å². The van der Waals surface area contributed by atoms with Crippen molar-refractivity contribution in [2.45, 2.75) is 6.10 Å². The number of aliphatic hydroxyl groups is 1. The van der Waals surface area contributed by atoms with Crippen LogP contribution in [0.2, 0.25) is 5.02 Å². The number of ether oxygens (including phenoxy) is 2. The summed E-state index contributed by atoms with van der Waals surface area (Å²) in [6.45, 7) is 0.175. The lowest BCUT2D eigenvalue weighted by Crippen LogP contribution is -2.09. The third-order valence-electron chi connectivity index (χ3n) is 2.71. The number of para-hydroxylation sites is 1. The molecular weight excluding hydrogens is 264 g/mol. The fourth-order valence-corrected chi connectivity index (χ4v) is 1.87. The number of hydrogen-bond donors (Lipinski definition) is 1. The minimum Gasteiger partial charge on any atom is -0.495 e. The fourth-order valence-electron chi connectivity index (χ4n) is 1.67. The lowest BCUT2D eigenvalue weighted by Gasteiger charge is -2.14. The molecule has 0 heterocycles. The van der Waals surface area contributed by atoms with Crippen molar-refractivity contribution >= 4 is 11.6 Å². The summed E-state index contributed by atoms with van der Waals surface area (Å²) < 4.78 is 10.6. The summed E-state index contributed by atoms with van der Waals surface area (Å²) in [5.41, 5.74) is 0.706. The van der Waals surface area contributed by atoms with E-state index < -0.39 is 6.10 Å². The van der Waals surface area contributed by atoms with Crippen LogP contribution in [0.15, 0.2) is 48.5 Å². The van der Waals surface area contributed by atoms with Gasteiger partial charge in [0.2, 0.25) is 0 Å². The molecular formula is C15H15ClO3. The van der Waals surface area contributed by atoms with Crippen LogP contribution in [0.1, 0.15) is 11.7 Å². The summed E-state index contributed by atoms with van der Waals surface area (Å²) >= 11 is 5.94. The van der Waals surface area contributed by atoms with Gasteiger partial charge in [0.25, 0.3) is 0 Å². The Morgan fingerprint density at radius 1 is 1.16 bits per heavy atom. The van der Waals surface area contributed by atoms with Crippen molar-refractivity contribution < 1.29 is 14.6 Å². The largest absolute Gasteiger partial charge is 0.495 e. The average Bonchev–Trinajstić information content (AvgIpc) is 2.46. The Hall–Kier alpha value is -1.71. The van der Waals surface area contributed by atoms with Crippen LogP contribution in [-0.2, 0) is 0 Å². The zero-order valence-corrected chi connectivity index (χ0v) is 11.3. The summed E-state index contributed by atoms with van der Waals surface area (Å²) in [4.78, 5) is 0. The minimum atomic E-state index is -0.730. The van der Waals surface area contributed by atoms with E-state index in [0.29, 0.717) is 16.3 Å². The zero-order chi connectivity index (χ0) is 13.7. The first-order chi connectivity index (χ1) is 9.20. The summed E-state index contributed by atoms with van der Waals surface area (Å²) in [5, 5.41) is 10.6. The molecule has 19 heavy (non-hydrogen) atoms. The smallest absolute Gasteiger partial charge is 0.137 e. The van der Waals surface area contributed by atoms with Gasteiger partial charge < -0.3 is 14.6 Å². The Morgan fingerprint density at radius 2 is 1.89 bits per heavy atom. The van der Waals surface area contributed by atoms with Crippen molar-refractivity contribution in [3.8, 4) is 11.5 Å². The highest BCUT2D eigenvalue weighted by Gasteiger charge is 2.11. The zero-order valence-electron chi connectivity index (χ0n) is 10.5. The molecule has 0 fully saturated rings. The second-order valence-electron chi connectivity index (χ2n) is 4.03. The molecule has 100 valence electrons. The van der Waals surface area contributed by atoms with Crippen LogP contribution in [0.3, 0.4) is 0 Å². The molecule has 2 aromatic rings. The standard InChI is InChI=1S/C15H15ClO3/c1-18-15-9-11(7-8-13(15)16)14(17)10-19-12-5-3-2-4-6-12/h2-9,14,17H,10H2,1H3. The van der Waals surface area contributed by atoms with Crippen LogP contribution in [0.25, 0.3) is 0 Å². The SMILES string of the molecule is COc1cc(C(O)COc2ccccc2)ccc1Cl. The maximum Gasteiger partial charge on any atom is 0.137 e. The van der Waals surface area contributed by atoms with Crippen LogP contribution < -0.4 is 9.47 Å². The Bertz CT molecular complexity index is 528. The van der Waals surface area contributed by atoms with Gasteiger partial charge in [0.15, 0.2) is 0 Å². The molecule has 0 saturated carbocycles. The predicted octanol–water partition coefficient (Wildman–Crippen LogP) is 3.46. The normalized spacial score (nSPS) is 11.9. The number of hydrogen-bond acceptors (Lipinski definition) is 3. The minimum absolute atomic E-state index is 0.175. The highest BCUT2D eigenvalue weighted by Crippen LogP contribution is 2.28. The van der Waals surface area contributed by atoms with E-state index in [0.717, 1.165) is 5.75 Å². The Kier molecular flexibility index (Phi) is 4.66. The summed E-state index contributed by atoms with van der Waals surface area (Å²) in [6, 6.07) is 14.5. The van der Waals surface area contributed by atoms with Gasteiger partial charge in [-0.3, -0.25) is 0 Å². The number of rotatable bonds is 5. The van der Waals surface area contributed by atoms with Crippen LogP contribution >= 0.6 is 11.6 Å². The van der Waals surface area contributed by atoms with Crippen LogP contribution in [0.5, 0.6) is 11.5 Å². The van der Waals surface area contributed by atoms with E-state index in [1.165, 1.54) is 7.11 Å². The number of methoxy groups -OCH3 is 1. The maximum atomic E-state index is 10.1. The fraction of sp³-hybridized carbons (Fsp3) is 0.200. The van der Waals surface area contributed by atoms with Crippen molar-refractivity contribution in [2.24, 2.45) is 0 Å². The van der Waals surface area contributed by atoms with Gasteiger partial charge >= 0.3 is 0 Å². The van der Waals surface area contributed by atoms with Crippen molar-refractivity contribution in [3.63, 3.8) is 0 Å². The third kappa shape index (κ3) is 3.63. The maximum absolute atomic E-state index is 10.1. The first-order valence-electron chi connectivity index (χ1n) is 5.90. The third-order valence-corrected chi connectivity index (χ3v) is 3.02. The van der Waals surface area contributed by atoms with Crippen LogP contribution in [0.4, 0.5) is 0 Å². The molecule has 0 aliphatic rings. The summed E-state index contributed by atoms with van der Waals surface area (Å²) in [5.74, 6) is 1.26. The Morgan fingerprint density at radius 3 is 2.58 bits per heavy atom. The van der Waals surface area contributed by atoms with Crippen molar-refractivity contribution in [3.05, 3.63) is 59.1 Å². The highest BCUT2D eigenvalue weighted by atomic mass is 35.5. The Labute approximate surface area is 117 Å². The molecule has 2 rings (SSSR count). The topological polar surface area (TPSA) is 38.7 Å². The molecule has 3 nitrogen and oxygen atoms in total. The molecule has 1 unspecified atom stereocenters. The summed E-state index contributed by atoms with van der Waals surface area (Å²) in [7, 11) is 1.54. The van der Waals surface area contributed by atoms with E-state index in [1.807, 2.05) is 30.3 Å². The first kappa shape index (κ1) is 13.7. The molecule has 2 aromatic carbocycles. The van der Waals surface area contributed by atoms with E-state index in [9.17, 15) is 5.11 Å². The van der Waals surface area contributed by atoms with E-state index in [4.69, 9.17) is 21.1 Å². The lowest BCUT2D eigenvalue weighted by atomic mass is 10.1. The van der Waals surface area contributed by atoms with Gasteiger partial charge in [-0.05, 0) is 29.8 Å². The quantitative estimate of drug-likeness (QED) is 0.910. The molecule has 1 atom stereocenters. The lowest BCUT2D eigenvalue weighted by molar-refractivity contribution is 0.108. The first-order valence-corrected chi connectivity index (χ1v) is 6.28. The molecule has 1 N–H and O–H groups in total. The predicted molar refractivity (Wildman–Crippen MR) is 74.9 cm³/mol. The van der Waals surface area contributed by atoms with Crippen molar-refractivity contribution in [1.29, 1.82) is 0 Å². The van der Waals surface area contributed by atoms with Gasteiger partial charge in [0.1, 0.15) is 24.2 Å². The second-order valence-corrected chi connectivity index (χ2v) is 4.44. The molecule has 0 aromatic heterocycles. The molecule has 0 radical (unpaired) electrons. The van der Waals surface area contributed by atoms with E-state index in [-0.39, 0.29) is 6.61 Å². The second kappa shape index (κ2) is 6.45. The van der Waals surface area contributed by atoms with Crippen LogP contribution in [0, 0.1) is 0 Å². The molecule has 0 spiro atoms. The van der Waals surface area contributed by atoms with Gasteiger partial charge in [-0.15, -0.1) is 0 Å². The molecule has 0 saturated heterocycles.